The van der Waals surface area contributed by atoms with Gasteiger partial charge in [-0.05, 0) is 79.9 Å². The van der Waals surface area contributed by atoms with E-state index < -0.39 is 10.0 Å². The molecule has 4 aliphatic carbocycles. The second-order valence-electron chi connectivity index (χ2n) is 8.85. The number of hydrogen-bond donors (Lipinski definition) is 1. The molecule has 0 aliphatic heterocycles. The van der Waals surface area contributed by atoms with Crippen LogP contribution in [0.3, 0.4) is 0 Å². The first-order valence-corrected chi connectivity index (χ1v) is 11.7. The van der Waals surface area contributed by atoms with Crippen LogP contribution in [0.1, 0.15) is 38.5 Å². The van der Waals surface area contributed by atoms with Crippen molar-refractivity contribution in [2.45, 2.75) is 43.4 Å². The Morgan fingerprint density at radius 2 is 1.77 bits per heavy atom. The van der Waals surface area contributed by atoms with Crippen molar-refractivity contribution in [2.24, 2.45) is 23.2 Å². The van der Waals surface area contributed by atoms with Gasteiger partial charge in [-0.15, -0.1) is 0 Å². The molecule has 140 valence electrons. The maximum Gasteiger partial charge on any atom is 0.305 e. The molecule has 0 amide bonds. The molecule has 0 unspecified atom stereocenters. The Bertz CT molecular complexity index is 986. The fourth-order valence-corrected chi connectivity index (χ4v) is 8.34. The zero-order chi connectivity index (χ0) is 18.1. The molecular formula is C19H24N2O3S2. The van der Waals surface area contributed by atoms with Crippen LogP contribution in [0.25, 0.3) is 10.2 Å². The van der Waals surface area contributed by atoms with Gasteiger partial charge in [0.2, 0.25) is 10.0 Å². The minimum atomic E-state index is -3.55. The SMILES string of the molecule is CN(CC12CC3CC(CC(C3)C1)C2)S(=O)(=O)c1ccc2sc(=O)[nH]c2c1. The van der Waals surface area contributed by atoms with Crippen molar-refractivity contribution in [1.82, 2.24) is 9.29 Å². The number of aromatic nitrogens is 1. The summed E-state index contributed by atoms with van der Waals surface area (Å²) in [6.45, 7) is 0.622. The summed E-state index contributed by atoms with van der Waals surface area (Å²) >= 11 is 1.10. The topological polar surface area (TPSA) is 70.2 Å². The van der Waals surface area contributed by atoms with Crippen molar-refractivity contribution in [1.29, 1.82) is 0 Å². The number of rotatable bonds is 4. The largest absolute Gasteiger partial charge is 0.312 e. The van der Waals surface area contributed by atoms with Gasteiger partial charge in [0, 0.05) is 13.6 Å². The molecular weight excluding hydrogens is 368 g/mol. The number of fused-ring (bicyclic) bond motifs is 1. The number of nitrogens with one attached hydrogen (secondary N) is 1. The lowest BCUT2D eigenvalue weighted by atomic mass is 9.49. The van der Waals surface area contributed by atoms with E-state index in [1.807, 2.05) is 0 Å². The molecule has 26 heavy (non-hydrogen) atoms. The molecule has 0 spiro atoms. The summed E-state index contributed by atoms with van der Waals surface area (Å²) in [5.74, 6) is 2.43. The second kappa shape index (κ2) is 5.66. The molecule has 0 radical (unpaired) electrons. The maximum atomic E-state index is 13.1. The van der Waals surface area contributed by atoms with Gasteiger partial charge in [-0.3, -0.25) is 4.79 Å². The van der Waals surface area contributed by atoms with Gasteiger partial charge in [-0.25, -0.2) is 12.7 Å². The predicted octanol–water partition coefficient (Wildman–Crippen LogP) is 3.43. The Morgan fingerprint density at radius 1 is 1.15 bits per heavy atom. The van der Waals surface area contributed by atoms with Crippen LogP contribution in [-0.2, 0) is 10.0 Å². The van der Waals surface area contributed by atoms with E-state index in [-0.39, 0.29) is 15.2 Å². The number of nitrogens with zero attached hydrogens (tertiary/aromatic N) is 1. The van der Waals surface area contributed by atoms with E-state index in [9.17, 15) is 13.2 Å². The van der Waals surface area contributed by atoms with E-state index in [4.69, 9.17) is 0 Å². The Labute approximate surface area is 157 Å². The van der Waals surface area contributed by atoms with E-state index in [0.717, 1.165) is 33.8 Å². The quantitative estimate of drug-likeness (QED) is 0.867. The third kappa shape index (κ3) is 2.67. The Kier molecular flexibility index (Phi) is 3.69. The Hall–Kier alpha value is -1.18. The zero-order valence-corrected chi connectivity index (χ0v) is 16.5. The molecule has 1 heterocycles. The average molecular weight is 393 g/mol. The minimum absolute atomic E-state index is 0.156. The summed E-state index contributed by atoms with van der Waals surface area (Å²) in [5, 5.41) is 0. The predicted molar refractivity (Wildman–Crippen MR) is 103 cm³/mol. The monoisotopic (exact) mass is 392 g/mol. The molecule has 4 aliphatic rings. The lowest BCUT2D eigenvalue weighted by Gasteiger charge is -2.57. The van der Waals surface area contributed by atoms with Gasteiger partial charge < -0.3 is 4.98 Å². The smallest absolute Gasteiger partial charge is 0.305 e. The van der Waals surface area contributed by atoms with Crippen molar-refractivity contribution >= 4 is 31.6 Å². The fourth-order valence-electron chi connectivity index (χ4n) is 6.31. The van der Waals surface area contributed by atoms with E-state index in [2.05, 4.69) is 4.98 Å². The highest BCUT2D eigenvalue weighted by molar-refractivity contribution is 7.89. The number of benzene rings is 1. The van der Waals surface area contributed by atoms with Gasteiger partial charge in [0.05, 0.1) is 15.1 Å². The maximum absolute atomic E-state index is 13.1. The highest BCUT2D eigenvalue weighted by Crippen LogP contribution is 2.60. The summed E-state index contributed by atoms with van der Waals surface area (Å²) in [7, 11) is -1.83. The van der Waals surface area contributed by atoms with Crippen LogP contribution < -0.4 is 4.87 Å². The molecule has 2 aromatic rings. The van der Waals surface area contributed by atoms with Crippen molar-refractivity contribution in [3.63, 3.8) is 0 Å². The third-order valence-electron chi connectivity index (χ3n) is 6.82. The molecule has 1 aromatic carbocycles. The second-order valence-corrected chi connectivity index (χ2v) is 11.9. The van der Waals surface area contributed by atoms with E-state index >= 15 is 0 Å². The molecule has 0 atom stereocenters. The normalized spacial score (nSPS) is 33.4. The summed E-state index contributed by atoms with van der Waals surface area (Å²) in [6, 6.07) is 4.94. The van der Waals surface area contributed by atoms with Crippen LogP contribution in [0.4, 0.5) is 0 Å². The van der Waals surface area contributed by atoms with E-state index in [1.54, 1.807) is 29.6 Å². The minimum Gasteiger partial charge on any atom is -0.312 e. The first-order valence-electron chi connectivity index (χ1n) is 9.42. The van der Waals surface area contributed by atoms with Crippen molar-refractivity contribution in [2.75, 3.05) is 13.6 Å². The lowest BCUT2D eigenvalue weighted by molar-refractivity contribution is -0.0583. The summed E-state index contributed by atoms with van der Waals surface area (Å²) < 4.78 is 28.6. The van der Waals surface area contributed by atoms with Crippen LogP contribution in [0.5, 0.6) is 0 Å². The van der Waals surface area contributed by atoms with Gasteiger partial charge in [-0.1, -0.05) is 11.3 Å². The van der Waals surface area contributed by atoms with Crippen LogP contribution in [-0.4, -0.2) is 31.3 Å². The van der Waals surface area contributed by atoms with E-state index in [0.29, 0.717) is 12.1 Å². The number of sulfonamides is 1. The molecule has 1 N–H and O–H groups in total. The number of hydrogen-bond acceptors (Lipinski definition) is 4. The number of thiazole rings is 1. The van der Waals surface area contributed by atoms with Crippen molar-refractivity contribution < 1.29 is 8.42 Å². The van der Waals surface area contributed by atoms with Crippen molar-refractivity contribution in [3.05, 3.63) is 27.9 Å². The first-order chi connectivity index (χ1) is 12.3. The molecule has 4 bridgehead atoms. The molecule has 0 saturated heterocycles. The molecule has 6 rings (SSSR count). The van der Waals surface area contributed by atoms with Crippen LogP contribution in [0.15, 0.2) is 27.9 Å². The molecule has 4 fully saturated rings. The summed E-state index contributed by atoms with van der Waals surface area (Å²) in [5.41, 5.74) is 0.779. The van der Waals surface area contributed by atoms with E-state index in [1.165, 1.54) is 38.5 Å². The molecule has 1 aromatic heterocycles. The Morgan fingerprint density at radius 3 is 2.38 bits per heavy atom. The van der Waals surface area contributed by atoms with Gasteiger partial charge in [0.1, 0.15) is 0 Å². The van der Waals surface area contributed by atoms with Gasteiger partial charge in [0.15, 0.2) is 0 Å². The highest BCUT2D eigenvalue weighted by atomic mass is 32.2. The molecule has 7 heteroatoms. The summed E-state index contributed by atoms with van der Waals surface area (Å²) in [4.78, 5) is 14.3. The molecule has 4 saturated carbocycles. The van der Waals surface area contributed by atoms with Crippen molar-refractivity contribution in [3.8, 4) is 0 Å². The third-order valence-corrected chi connectivity index (χ3v) is 9.48. The highest BCUT2D eigenvalue weighted by Gasteiger charge is 2.51. The zero-order valence-electron chi connectivity index (χ0n) is 14.9. The van der Waals surface area contributed by atoms with Crippen LogP contribution in [0, 0.1) is 23.2 Å². The lowest BCUT2D eigenvalue weighted by Crippen LogP contribution is -2.51. The van der Waals surface area contributed by atoms with Crippen LogP contribution >= 0.6 is 11.3 Å². The van der Waals surface area contributed by atoms with Gasteiger partial charge in [0.25, 0.3) is 0 Å². The Balaban J connectivity index is 1.43. The average Bonchev–Trinajstić information content (AvgIpc) is 2.92. The van der Waals surface area contributed by atoms with Crippen LogP contribution in [0.2, 0.25) is 0 Å². The standard InChI is InChI=1S/C19H24N2O3S2/c1-21(11-19-8-12-4-13(9-19)6-14(5-12)10-19)26(23,24)15-2-3-17-16(7-15)20-18(22)25-17/h2-3,7,12-14H,4-6,8-11H2,1H3,(H,20,22). The summed E-state index contributed by atoms with van der Waals surface area (Å²) in [6.07, 6.45) is 7.65. The van der Waals surface area contributed by atoms with Gasteiger partial charge >= 0.3 is 4.87 Å². The first kappa shape index (κ1) is 17.0. The van der Waals surface area contributed by atoms with Gasteiger partial charge in [-0.2, -0.15) is 0 Å². The fraction of sp³-hybridized carbons (Fsp3) is 0.632. The molecule has 5 nitrogen and oxygen atoms in total. The number of H-pyrrole nitrogens is 1. The number of aromatic amines is 1.